The van der Waals surface area contributed by atoms with E-state index in [1.165, 1.54) is 0 Å². The molecule has 3 aromatic carbocycles. The molecule has 194 valence electrons. The number of ether oxygens (including phenoxy) is 2. The van der Waals surface area contributed by atoms with Gasteiger partial charge in [-0.1, -0.05) is 42.5 Å². The van der Waals surface area contributed by atoms with Crippen LogP contribution in [0, 0.1) is 18.3 Å². The van der Waals surface area contributed by atoms with Crippen molar-refractivity contribution in [3.63, 3.8) is 0 Å². The molecule has 5 rings (SSSR count). The van der Waals surface area contributed by atoms with Crippen LogP contribution in [0.3, 0.4) is 0 Å². The number of carbonyl (C=O) groups is 1. The highest BCUT2D eigenvalue weighted by molar-refractivity contribution is 5.99. The molecule has 0 N–H and O–H groups in total. The average Bonchev–Trinajstić information content (AvgIpc) is 3.31. The second-order valence-electron chi connectivity index (χ2n) is 9.53. The SMILES string of the molecule is COc1cccc([C@@H](CN2CCN(C(=O)c3oc4ccccc4c3C)CC2)OCc2ccc(C#N)cc2)c1. The molecule has 1 aliphatic heterocycles. The number of carbonyl (C=O) groups excluding carboxylic acids is 1. The fourth-order valence-corrected chi connectivity index (χ4v) is 4.86. The smallest absolute Gasteiger partial charge is 0.289 e. The number of piperazine rings is 1. The lowest BCUT2D eigenvalue weighted by molar-refractivity contribution is 0.00302. The van der Waals surface area contributed by atoms with E-state index in [0.29, 0.717) is 37.6 Å². The zero-order valence-electron chi connectivity index (χ0n) is 21.7. The van der Waals surface area contributed by atoms with E-state index in [2.05, 4.69) is 17.0 Å². The molecule has 1 amide bonds. The molecule has 1 aliphatic rings. The second-order valence-corrected chi connectivity index (χ2v) is 9.53. The minimum atomic E-state index is -0.180. The van der Waals surface area contributed by atoms with E-state index in [4.69, 9.17) is 19.2 Å². The largest absolute Gasteiger partial charge is 0.497 e. The summed E-state index contributed by atoms with van der Waals surface area (Å²) in [5.41, 5.74) is 4.31. The first-order chi connectivity index (χ1) is 18.6. The number of methoxy groups -OCH3 is 1. The molecule has 0 unspecified atom stereocenters. The Morgan fingerprint density at radius 2 is 1.79 bits per heavy atom. The highest BCUT2D eigenvalue weighted by atomic mass is 16.5. The van der Waals surface area contributed by atoms with Gasteiger partial charge < -0.3 is 18.8 Å². The van der Waals surface area contributed by atoms with Gasteiger partial charge in [0.15, 0.2) is 5.76 Å². The van der Waals surface area contributed by atoms with Gasteiger partial charge >= 0.3 is 0 Å². The van der Waals surface area contributed by atoms with Crippen LogP contribution in [-0.4, -0.2) is 55.5 Å². The van der Waals surface area contributed by atoms with Gasteiger partial charge in [0, 0.05) is 43.7 Å². The Kier molecular flexibility index (Phi) is 7.73. The van der Waals surface area contributed by atoms with Crippen LogP contribution in [0.4, 0.5) is 0 Å². The van der Waals surface area contributed by atoms with Crippen molar-refractivity contribution < 1.29 is 18.7 Å². The zero-order valence-corrected chi connectivity index (χ0v) is 21.7. The van der Waals surface area contributed by atoms with Crippen molar-refractivity contribution in [2.75, 3.05) is 39.8 Å². The number of benzene rings is 3. The van der Waals surface area contributed by atoms with Crippen LogP contribution in [0.15, 0.2) is 77.2 Å². The number of rotatable bonds is 8. The zero-order chi connectivity index (χ0) is 26.5. The number of nitriles is 1. The molecular formula is C31H31N3O4. The van der Waals surface area contributed by atoms with Crippen molar-refractivity contribution in [3.05, 3.63) is 101 Å². The molecule has 0 bridgehead atoms. The lowest BCUT2D eigenvalue weighted by Crippen LogP contribution is -2.49. The maximum atomic E-state index is 13.3. The van der Waals surface area contributed by atoms with Gasteiger partial charge in [0.2, 0.25) is 0 Å². The molecule has 0 radical (unpaired) electrons. The molecule has 38 heavy (non-hydrogen) atoms. The van der Waals surface area contributed by atoms with Gasteiger partial charge in [0.1, 0.15) is 11.3 Å². The maximum absolute atomic E-state index is 13.3. The molecule has 7 heteroatoms. The summed E-state index contributed by atoms with van der Waals surface area (Å²) in [5, 5.41) is 10.0. The van der Waals surface area contributed by atoms with Gasteiger partial charge in [-0.2, -0.15) is 5.26 Å². The number of nitrogens with zero attached hydrogens (tertiary/aromatic N) is 3. The van der Waals surface area contributed by atoms with Crippen molar-refractivity contribution in [3.8, 4) is 11.8 Å². The number of hydrogen-bond acceptors (Lipinski definition) is 6. The molecular weight excluding hydrogens is 478 g/mol. The number of hydrogen-bond donors (Lipinski definition) is 0. The lowest BCUT2D eigenvalue weighted by Gasteiger charge is -2.36. The van der Waals surface area contributed by atoms with Gasteiger partial charge in [-0.15, -0.1) is 0 Å². The minimum Gasteiger partial charge on any atom is -0.497 e. The first-order valence-electron chi connectivity index (χ1n) is 12.8. The molecule has 1 atom stereocenters. The molecule has 0 saturated carbocycles. The van der Waals surface area contributed by atoms with E-state index in [0.717, 1.165) is 46.5 Å². The van der Waals surface area contributed by atoms with Crippen LogP contribution in [0.2, 0.25) is 0 Å². The fourth-order valence-electron chi connectivity index (χ4n) is 4.86. The summed E-state index contributed by atoms with van der Waals surface area (Å²) in [5.74, 6) is 1.16. The summed E-state index contributed by atoms with van der Waals surface area (Å²) in [7, 11) is 1.66. The Morgan fingerprint density at radius 3 is 2.50 bits per heavy atom. The predicted octanol–water partition coefficient (Wildman–Crippen LogP) is 5.34. The van der Waals surface area contributed by atoms with E-state index < -0.39 is 0 Å². The Balaban J connectivity index is 1.25. The molecule has 1 saturated heterocycles. The number of para-hydroxylation sites is 1. The van der Waals surface area contributed by atoms with E-state index in [-0.39, 0.29) is 12.0 Å². The van der Waals surface area contributed by atoms with Crippen LogP contribution in [0.25, 0.3) is 11.0 Å². The Hall–Kier alpha value is -4.12. The predicted molar refractivity (Wildman–Crippen MR) is 145 cm³/mol. The topological polar surface area (TPSA) is 78.9 Å². The van der Waals surface area contributed by atoms with Crippen molar-refractivity contribution >= 4 is 16.9 Å². The number of fused-ring (bicyclic) bond motifs is 1. The molecule has 1 aromatic heterocycles. The quantitative estimate of drug-likeness (QED) is 0.319. The van der Waals surface area contributed by atoms with Gasteiger partial charge in [-0.25, -0.2) is 0 Å². The summed E-state index contributed by atoms with van der Waals surface area (Å²) in [6.45, 7) is 5.79. The van der Waals surface area contributed by atoms with Crippen molar-refractivity contribution in [1.29, 1.82) is 5.26 Å². The first kappa shape index (κ1) is 25.5. The van der Waals surface area contributed by atoms with Gasteiger partial charge in [-0.3, -0.25) is 9.69 Å². The standard InChI is InChI=1S/C31H31N3O4/c1-22-27-8-3-4-9-28(27)38-30(22)31(35)34-16-14-33(15-17-34)20-29(25-6-5-7-26(18-25)36-2)37-21-24-12-10-23(19-32)11-13-24/h3-13,18,29H,14-17,20-21H2,1-2H3/t29-/m1/s1. The number of furan rings is 1. The third-order valence-corrected chi connectivity index (χ3v) is 7.12. The molecule has 1 fully saturated rings. The highest BCUT2D eigenvalue weighted by Gasteiger charge is 2.28. The van der Waals surface area contributed by atoms with Crippen molar-refractivity contribution in [2.24, 2.45) is 0 Å². The molecule has 0 aliphatic carbocycles. The summed E-state index contributed by atoms with van der Waals surface area (Å²) >= 11 is 0. The molecule has 7 nitrogen and oxygen atoms in total. The average molecular weight is 510 g/mol. The van der Waals surface area contributed by atoms with E-state index in [1.807, 2.05) is 66.4 Å². The molecule has 4 aromatic rings. The summed E-state index contributed by atoms with van der Waals surface area (Å²) in [6, 6.07) is 25.3. The highest BCUT2D eigenvalue weighted by Crippen LogP contribution is 2.28. The fraction of sp³-hybridized carbons (Fsp3) is 0.290. The van der Waals surface area contributed by atoms with Crippen molar-refractivity contribution in [1.82, 2.24) is 9.80 Å². The van der Waals surface area contributed by atoms with Crippen LogP contribution in [-0.2, 0) is 11.3 Å². The monoisotopic (exact) mass is 509 g/mol. The number of amides is 1. The third kappa shape index (κ3) is 5.57. The van der Waals surface area contributed by atoms with Crippen molar-refractivity contribution in [2.45, 2.75) is 19.6 Å². The van der Waals surface area contributed by atoms with E-state index in [1.54, 1.807) is 19.2 Å². The van der Waals surface area contributed by atoms with Crippen LogP contribution >= 0.6 is 0 Å². The summed E-state index contributed by atoms with van der Waals surface area (Å²) in [4.78, 5) is 17.5. The van der Waals surface area contributed by atoms with Gasteiger partial charge in [0.05, 0.1) is 31.5 Å². The van der Waals surface area contributed by atoms with Gasteiger partial charge in [-0.05, 0) is 48.4 Å². The van der Waals surface area contributed by atoms with E-state index in [9.17, 15) is 4.79 Å². The van der Waals surface area contributed by atoms with E-state index >= 15 is 0 Å². The summed E-state index contributed by atoms with van der Waals surface area (Å²) in [6.07, 6.45) is -0.180. The maximum Gasteiger partial charge on any atom is 0.289 e. The third-order valence-electron chi connectivity index (χ3n) is 7.12. The molecule has 0 spiro atoms. The molecule has 2 heterocycles. The second kappa shape index (κ2) is 11.5. The Morgan fingerprint density at radius 1 is 1.03 bits per heavy atom. The first-order valence-corrected chi connectivity index (χ1v) is 12.8. The van der Waals surface area contributed by atoms with Crippen LogP contribution in [0.5, 0.6) is 5.75 Å². The lowest BCUT2D eigenvalue weighted by atomic mass is 10.1. The summed E-state index contributed by atoms with van der Waals surface area (Å²) < 4.78 is 17.8. The Labute approximate surface area is 222 Å². The number of aryl methyl sites for hydroxylation is 1. The minimum absolute atomic E-state index is 0.0558. The van der Waals surface area contributed by atoms with Crippen LogP contribution < -0.4 is 4.74 Å². The van der Waals surface area contributed by atoms with Gasteiger partial charge in [0.25, 0.3) is 5.91 Å². The normalized spacial score (nSPS) is 14.8. The van der Waals surface area contributed by atoms with Crippen LogP contribution in [0.1, 0.15) is 38.9 Å². The Bertz CT molecular complexity index is 1450.